The number of hydrogen-bond donors (Lipinski definition) is 1. The van der Waals surface area contributed by atoms with E-state index in [-0.39, 0.29) is 11.7 Å². The van der Waals surface area contributed by atoms with E-state index < -0.39 is 0 Å². The Hall–Kier alpha value is -4.05. The van der Waals surface area contributed by atoms with Crippen molar-refractivity contribution in [3.05, 3.63) is 72.7 Å². The van der Waals surface area contributed by atoms with E-state index in [9.17, 15) is 9.18 Å². The third-order valence-electron chi connectivity index (χ3n) is 5.94. The summed E-state index contributed by atoms with van der Waals surface area (Å²) in [5.74, 6) is 1.97. The van der Waals surface area contributed by atoms with Gasteiger partial charge in [-0.05, 0) is 36.4 Å². The Labute approximate surface area is 203 Å². The van der Waals surface area contributed by atoms with E-state index in [4.69, 9.17) is 9.52 Å². The van der Waals surface area contributed by atoms with Crippen molar-refractivity contribution in [2.75, 3.05) is 18.6 Å². The predicted octanol–water partition coefficient (Wildman–Crippen LogP) is 4.60. The van der Waals surface area contributed by atoms with Gasteiger partial charge in [-0.15, -0.1) is 0 Å². The number of amides is 1. The van der Waals surface area contributed by atoms with Crippen LogP contribution < -0.4 is 5.32 Å². The smallest absolute Gasteiger partial charge is 0.252 e. The highest BCUT2D eigenvalue weighted by molar-refractivity contribution is 8.00. The highest BCUT2D eigenvalue weighted by Crippen LogP contribution is 2.39. The summed E-state index contributed by atoms with van der Waals surface area (Å²) in [5.41, 5.74) is 4.47. The molecule has 1 saturated heterocycles. The topological polar surface area (TPSA) is 98.7 Å². The minimum Gasteiger partial charge on any atom is -0.438 e. The molecule has 8 nitrogen and oxygen atoms in total. The largest absolute Gasteiger partial charge is 0.438 e. The van der Waals surface area contributed by atoms with E-state index in [1.165, 1.54) is 24.7 Å². The molecule has 6 rings (SSSR count). The summed E-state index contributed by atoms with van der Waals surface area (Å²) in [5, 5.41) is 8.16. The summed E-state index contributed by atoms with van der Waals surface area (Å²) in [7, 11) is 1.57. The molecule has 1 fully saturated rings. The number of nitrogens with zero attached hydrogens (tertiary/aromatic N) is 5. The maximum Gasteiger partial charge on any atom is 0.252 e. The van der Waals surface area contributed by atoms with Gasteiger partial charge in [0, 0.05) is 53.8 Å². The average Bonchev–Trinajstić information content (AvgIpc) is 3.48. The molecule has 0 atom stereocenters. The predicted molar refractivity (Wildman–Crippen MR) is 131 cm³/mol. The molecule has 0 aliphatic carbocycles. The standard InChI is InChI=1S/C25H19FN6O2S/c1-27-24(33)16-6-15(8-28-9-16)21-7-19-23(29-13-30-25(19)34-21)20-10-32(18-11-35-12-18)31-22(20)14-2-4-17(26)5-3-14/h2-10,13,18H,11-12H2,1H3,(H,27,33). The van der Waals surface area contributed by atoms with Gasteiger partial charge in [0.25, 0.3) is 5.91 Å². The highest BCUT2D eigenvalue weighted by Gasteiger charge is 2.25. The molecule has 5 aromatic rings. The summed E-state index contributed by atoms with van der Waals surface area (Å²) in [6.07, 6.45) is 6.58. The third kappa shape index (κ3) is 3.85. The molecule has 1 aromatic carbocycles. The Morgan fingerprint density at radius 2 is 1.94 bits per heavy atom. The van der Waals surface area contributed by atoms with Crippen molar-refractivity contribution in [1.29, 1.82) is 0 Å². The quantitative estimate of drug-likeness (QED) is 0.388. The number of thioether (sulfide) groups is 1. The lowest BCUT2D eigenvalue weighted by molar-refractivity contribution is 0.0962. The van der Waals surface area contributed by atoms with Crippen LogP contribution in [0.1, 0.15) is 16.4 Å². The zero-order valence-corrected chi connectivity index (χ0v) is 19.4. The van der Waals surface area contributed by atoms with Crippen LogP contribution in [0.25, 0.3) is 44.9 Å². The number of fused-ring (bicyclic) bond motifs is 1. The van der Waals surface area contributed by atoms with Crippen molar-refractivity contribution in [2.45, 2.75) is 6.04 Å². The molecule has 35 heavy (non-hydrogen) atoms. The van der Waals surface area contributed by atoms with E-state index in [2.05, 4.69) is 20.3 Å². The number of carbonyl (C=O) groups excluding carboxylic acids is 1. The Balaban J connectivity index is 1.49. The molecule has 0 spiro atoms. The number of rotatable bonds is 5. The zero-order chi connectivity index (χ0) is 23.9. The minimum absolute atomic E-state index is 0.235. The first-order chi connectivity index (χ1) is 17.1. The molecule has 0 radical (unpaired) electrons. The van der Waals surface area contributed by atoms with E-state index in [0.29, 0.717) is 45.4 Å². The number of aromatic nitrogens is 5. The molecule has 0 unspecified atom stereocenters. The molecule has 4 aromatic heterocycles. The van der Waals surface area contributed by atoms with E-state index >= 15 is 0 Å². The second kappa shape index (κ2) is 8.62. The van der Waals surface area contributed by atoms with Crippen molar-refractivity contribution in [3.63, 3.8) is 0 Å². The molecule has 1 aliphatic heterocycles. The fraction of sp³-hybridized carbons (Fsp3) is 0.160. The van der Waals surface area contributed by atoms with Crippen LogP contribution in [0.4, 0.5) is 4.39 Å². The normalized spacial score (nSPS) is 13.7. The second-order valence-electron chi connectivity index (χ2n) is 8.16. The molecule has 5 heterocycles. The number of furan rings is 1. The maximum atomic E-state index is 13.6. The van der Waals surface area contributed by atoms with Crippen LogP contribution in [-0.2, 0) is 0 Å². The van der Waals surface area contributed by atoms with Crippen LogP contribution in [-0.4, -0.2) is 49.2 Å². The molecular weight excluding hydrogens is 467 g/mol. The lowest BCUT2D eigenvalue weighted by Crippen LogP contribution is -2.23. The lowest BCUT2D eigenvalue weighted by Gasteiger charge is -2.24. The summed E-state index contributed by atoms with van der Waals surface area (Å²) in [4.78, 5) is 25.1. The summed E-state index contributed by atoms with van der Waals surface area (Å²) < 4.78 is 21.6. The summed E-state index contributed by atoms with van der Waals surface area (Å²) >= 11 is 1.87. The monoisotopic (exact) mass is 486 g/mol. The zero-order valence-electron chi connectivity index (χ0n) is 18.6. The maximum absolute atomic E-state index is 13.6. The fourth-order valence-corrected chi connectivity index (χ4v) is 4.76. The SMILES string of the molecule is CNC(=O)c1cncc(-c2cc3c(-c4cn(C5CSC5)nc4-c4ccc(F)cc4)ncnc3o2)c1. The van der Waals surface area contributed by atoms with E-state index in [1.807, 2.05) is 28.7 Å². The van der Waals surface area contributed by atoms with Crippen LogP contribution in [0.15, 0.2) is 65.7 Å². The van der Waals surface area contributed by atoms with Crippen molar-refractivity contribution in [2.24, 2.45) is 0 Å². The molecule has 1 N–H and O–H groups in total. The lowest BCUT2D eigenvalue weighted by atomic mass is 10.0. The van der Waals surface area contributed by atoms with Crippen LogP contribution >= 0.6 is 11.8 Å². The molecule has 174 valence electrons. The van der Waals surface area contributed by atoms with Gasteiger partial charge in [-0.3, -0.25) is 14.5 Å². The van der Waals surface area contributed by atoms with Gasteiger partial charge in [-0.25, -0.2) is 14.4 Å². The van der Waals surface area contributed by atoms with Crippen molar-refractivity contribution < 1.29 is 13.6 Å². The Kier molecular flexibility index (Phi) is 5.29. The number of hydrogen-bond acceptors (Lipinski definition) is 7. The van der Waals surface area contributed by atoms with Crippen LogP contribution in [0.3, 0.4) is 0 Å². The molecule has 0 bridgehead atoms. The van der Waals surface area contributed by atoms with Gasteiger partial charge in [0.15, 0.2) is 0 Å². The Morgan fingerprint density at radius 3 is 2.69 bits per heavy atom. The second-order valence-corrected chi connectivity index (χ2v) is 9.24. The van der Waals surface area contributed by atoms with E-state index in [0.717, 1.165) is 22.6 Å². The van der Waals surface area contributed by atoms with E-state index in [1.54, 1.807) is 31.4 Å². The fourth-order valence-electron chi connectivity index (χ4n) is 4.00. The number of halogens is 1. The highest BCUT2D eigenvalue weighted by atomic mass is 32.2. The van der Waals surface area contributed by atoms with Crippen molar-refractivity contribution >= 4 is 28.8 Å². The minimum atomic E-state index is -0.304. The first-order valence-corrected chi connectivity index (χ1v) is 12.1. The van der Waals surface area contributed by atoms with Crippen molar-refractivity contribution in [3.8, 4) is 33.8 Å². The molecular formula is C25H19FN6O2S. The molecule has 0 saturated carbocycles. The number of pyridine rings is 1. The molecule has 1 amide bonds. The Bertz CT molecular complexity index is 1560. The van der Waals surface area contributed by atoms with Gasteiger partial charge in [-0.2, -0.15) is 16.9 Å². The number of benzene rings is 1. The first kappa shape index (κ1) is 21.5. The first-order valence-electron chi connectivity index (χ1n) is 11.0. The number of carbonyl (C=O) groups is 1. The average molecular weight is 487 g/mol. The third-order valence-corrected chi connectivity index (χ3v) is 7.18. The number of nitrogens with one attached hydrogen (secondary N) is 1. The Morgan fingerprint density at radius 1 is 1.11 bits per heavy atom. The molecule has 1 aliphatic rings. The molecule has 10 heteroatoms. The van der Waals surface area contributed by atoms with Gasteiger partial charge in [0.1, 0.15) is 23.6 Å². The van der Waals surface area contributed by atoms with Gasteiger partial charge in [-0.1, -0.05) is 0 Å². The summed E-state index contributed by atoms with van der Waals surface area (Å²) in [6.45, 7) is 0. The van der Waals surface area contributed by atoms with Gasteiger partial charge < -0.3 is 9.73 Å². The van der Waals surface area contributed by atoms with Crippen LogP contribution in [0, 0.1) is 5.82 Å². The van der Waals surface area contributed by atoms with Gasteiger partial charge in [0.05, 0.1) is 22.7 Å². The van der Waals surface area contributed by atoms with Crippen LogP contribution in [0.5, 0.6) is 0 Å². The van der Waals surface area contributed by atoms with Crippen molar-refractivity contribution in [1.82, 2.24) is 30.0 Å². The van der Waals surface area contributed by atoms with Gasteiger partial charge >= 0.3 is 0 Å². The van der Waals surface area contributed by atoms with Gasteiger partial charge in [0.2, 0.25) is 5.71 Å². The van der Waals surface area contributed by atoms with Crippen LogP contribution in [0.2, 0.25) is 0 Å². The summed E-state index contributed by atoms with van der Waals surface area (Å²) in [6, 6.07) is 10.2.